The number of aromatic nitrogens is 2. The number of halogens is 1. The van der Waals surface area contributed by atoms with Crippen LogP contribution >= 0.6 is 24.0 Å². The van der Waals surface area contributed by atoms with Crippen molar-refractivity contribution in [1.29, 1.82) is 0 Å². The van der Waals surface area contributed by atoms with E-state index in [4.69, 9.17) is 9.73 Å². The molecule has 0 atom stereocenters. The van der Waals surface area contributed by atoms with E-state index in [0.717, 1.165) is 64.7 Å². The van der Waals surface area contributed by atoms with Crippen LogP contribution in [-0.2, 0) is 11.3 Å². The standard InChI is InChI=1S/C19H36N6O.HI/c1-5-20-19(21-8-11-25-15-17(4)14-22-25)23-18-6-9-24(10-7-18)12-13-26-16(2)3;/h14-16,18H,5-13H2,1-4H3,(H2,20,21,23);1H. The van der Waals surface area contributed by atoms with Crippen LogP contribution in [0.15, 0.2) is 17.4 Å². The highest BCUT2D eigenvalue weighted by Crippen LogP contribution is 2.10. The van der Waals surface area contributed by atoms with Crippen molar-refractivity contribution in [2.24, 2.45) is 4.99 Å². The maximum atomic E-state index is 5.66. The summed E-state index contributed by atoms with van der Waals surface area (Å²) in [6.45, 7) is 14.8. The third-order valence-corrected chi connectivity index (χ3v) is 4.49. The Kier molecular flexibility index (Phi) is 11.9. The highest BCUT2D eigenvalue weighted by Gasteiger charge is 2.19. The van der Waals surface area contributed by atoms with Crippen LogP contribution in [0.2, 0.25) is 0 Å². The fourth-order valence-corrected chi connectivity index (χ4v) is 3.09. The molecule has 156 valence electrons. The minimum absolute atomic E-state index is 0. The molecular weight excluding hydrogens is 455 g/mol. The van der Waals surface area contributed by atoms with E-state index in [2.05, 4.69) is 54.5 Å². The lowest BCUT2D eigenvalue weighted by Gasteiger charge is -2.33. The van der Waals surface area contributed by atoms with Crippen LogP contribution in [0.4, 0.5) is 0 Å². The van der Waals surface area contributed by atoms with Crippen molar-refractivity contribution < 1.29 is 4.74 Å². The molecule has 0 unspecified atom stereocenters. The SMILES string of the molecule is CCNC(=NCCn1cc(C)cn1)NC1CCN(CCOC(C)C)CC1.I. The Hall–Kier alpha value is -0.870. The second kappa shape index (κ2) is 13.3. The minimum atomic E-state index is 0. The summed E-state index contributed by atoms with van der Waals surface area (Å²) in [7, 11) is 0. The second-order valence-electron chi connectivity index (χ2n) is 7.22. The lowest BCUT2D eigenvalue weighted by molar-refractivity contribution is 0.0532. The first-order valence-electron chi connectivity index (χ1n) is 9.94. The number of nitrogens with one attached hydrogen (secondary N) is 2. The van der Waals surface area contributed by atoms with Crippen molar-refractivity contribution in [3.05, 3.63) is 18.0 Å². The van der Waals surface area contributed by atoms with Crippen LogP contribution in [0.25, 0.3) is 0 Å². The fraction of sp³-hybridized carbons (Fsp3) is 0.789. The van der Waals surface area contributed by atoms with Gasteiger partial charge in [0, 0.05) is 38.4 Å². The summed E-state index contributed by atoms with van der Waals surface area (Å²) < 4.78 is 7.60. The molecule has 2 heterocycles. The summed E-state index contributed by atoms with van der Waals surface area (Å²) in [4.78, 5) is 7.19. The van der Waals surface area contributed by atoms with Crippen molar-refractivity contribution in [2.45, 2.75) is 59.2 Å². The molecular formula is C19H37IN6O. The lowest BCUT2D eigenvalue weighted by Crippen LogP contribution is -2.49. The van der Waals surface area contributed by atoms with E-state index in [1.165, 1.54) is 5.56 Å². The number of aryl methyl sites for hydroxylation is 1. The van der Waals surface area contributed by atoms with Crippen LogP contribution in [0.1, 0.15) is 39.2 Å². The number of nitrogens with zero attached hydrogens (tertiary/aromatic N) is 4. The summed E-state index contributed by atoms with van der Waals surface area (Å²) >= 11 is 0. The van der Waals surface area contributed by atoms with Crippen molar-refractivity contribution in [2.75, 3.05) is 39.3 Å². The molecule has 0 aromatic carbocycles. The largest absolute Gasteiger partial charge is 0.377 e. The zero-order valence-electron chi connectivity index (χ0n) is 17.3. The molecule has 2 rings (SSSR count). The molecule has 1 aromatic heterocycles. The van der Waals surface area contributed by atoms with Crippen LogP contribution < -0.4 is 10.6 Å². The summed E-state index contributed by atoms with van der Waals surface area (Å²) in [6, 6.07) is 0.488. The molecule has 1 aliphatic rings. The van der Waals surface area contributed by atoms with Crippen LogP contribution in [0, 0.1) is 6.92 Å². The molecule has 0 aliphatic carbocycles. The molecule has 1 aromatic rings. The van der Waals surface area contributed by atoms with Crippen molar-refractivity contribution in [3.8, 4) is 0 Å². The first kappa shape index (κ1) is 24.2. The van der Waals surface area contributed by atoms with Crippen molar-refractivity contribution >= 4 is 29.9 Å². The van der Waals surface area contributed by atoms with Gasteiger partial charge in [-0.25, -0.2) is 0 Å². The molecule has 0 radical (unpaired) electrons. The molecule has 0 bridgehead atoms. The third kappa shape index (κ3) is 9.75. The molecule has 0 amide bonds. The molecule has 1 fully saturated rings. The van der Waals surface area contributed by atoms with E-state index in [1.807, 2.05) is 10.9 Å². The summed E-state index contributed by atoms with van der Waals surface area (Å²) in [5.41, 5.74) is 1.18. The normalized spacial score (nSPS) is 16.4. The Morgan fingerprint density at radius 1 is 1.33 bits per heavy atom. The Balaban J connectivity index is 0.00000364. The van der Waals surface area contributed by atoms with Gasteiger partial charge in [-0.05, 0) is 46.1 Å². The van der Waals surface area contributed by atoms with Gasteiger partial charge in [0.05, 0.1) is 32.0 Å². The number of aliphatic imine (C=N–C) groups is 1. The molecule has 0 saturated carbocycles. The summed E-state index contributed by atoms with van der Waals surface area (Å²) in [6.07, 6.45) is 6.54. The molecule has 8 heteroatoms. The van der Waals surface area contributed by atoms with E-state index in [1.54, 1.807) is 0 Å². The van der Waals surface area contributed by atoms with Gasteiger partial charge in [0.1, 0.15) is 0 Å². The number of ether oxygens (including phenoxy) is 1. The van der Waals surface area contributed by atoms with Gasteiger partial charge in [-0.1, -0.05) is 0 Å². The molecule has 0 spiro atoms. The number of rotatable bonds is 9. The highest BCUT2D eigenvalue weighted by molar-refractivity contribution is 14.0. The monoisotopic (exact) mass is 492 g/mol. The zero-order chi connectivity index (χ0) is 18.8. The van der Waals surface area contributed by atoms with Gasteiger partial charge in [0.15, 0.2) is 5.96 Å². The van der Waals surface area contributed by atoms with E-state index in [9.17, 15) is 0 Å². The Morgan fingerprint density at radius 2 is 2.07 bits per heavy atom. The summed E-state index contributed by atoms with van der Waals surface area (Å²) in [5.74, 6) is 0.915. The average Bonchev–Trinajstić information content (AvgIpc) is 3.01. The number of hydrogen-bond acceptors (Lipinski definition) is 4. The molecule has 1 aliphatic heterocycles. The number of guanidine groups is 1. The third-order valence-electron chi connectivity index (χ3n) is 4.49. The summed E-state index contributed by atoms with van der Waals surface area (Å²) in [5, 5.41) is 11.3. The highest BCUT2D eigenvalue weighted by atomic mass is 127. The van der Waals surface area contributed by atoms with E-state index in [0.29, 0.717) is 12.1 Å². The van der Waals surface area contributed by atoms with E-state index < -0.39 is 0 Å². The predicted molar refractivity (Wildman–Crippen MR) is 122 cm³/mol. The van der Waals surface area contributed by atoms with Gasteiger partial charge in [-0.15, -0.1) is 24.0 Å². The lowest BCUT2D eigenvalue weighted by atomic mass is 10.1. The average molecular weight is 492 g/mol. The Bertz CT molecular complexity index is 540. The first-order chi connectivity index (χ1) is 12.6. The van der Waals surface area contributed by atoms with Crippen LogP contribution in [0.3, 0.4) is 0 Å². The quantitative estimate of drug-likeness (QED) is 0.315. The van der Waals surface area contributed by atoms with Crippen LogP contribution in [0.5, 0.6) is 0 Å². The van der Waals surface area contributed by atoms with E-state index >= 15 is 0 Å². The second-order valence-corrected chi connectivity index (χ2v) is 7.22. The molecule has 1 saturated heterocycles. The Morgan fingerprint density at radius 3 is 2.67 bits per heavy atom. The Labute approximate surface area is 181 Å². The number of hydrogen-bond donors (Lipinski definition) is 2. The van der Waals surface area contributed by atoms with Gasteiger partial charge in [-0.2, -0.15) is 5.10 Å². The van der Waals surface area contributed by atoms with E-state index in [-0.39, 0.29) is 24.0 Å². The number of likely N-dealkylation sites (tertiary alicyclic amines) is 1. The van der Waals surface area contributed by atoms with Gasteiger partial charge in [0.2, 0.25) is 0 Å². The van der Waals surface area contributed by atoms with Gasteiger partial charge in [-0.3, -0.25) is 9.67 Å². The zero-order valence-corrected chi connectivity index (χ0v) is 19.6. The molecule has 2 N–H and O–H groups in total. The molecule has 27 heavy (non-hydrogen) atoms. The first-order valence-corrected chi connectivity index (χ1v) is 9.94. The molecule has 7 nitrogen and oxygen atoms in total. The number of piperidine rings is 1. The van der Waals surface area contributed by atoms with Crippen LogP contribution in [-0.4, -0.2) is 72.1 Å². The van der Waals surface area contributed by atoms with Gasteiger partial charge in [0.25, 0.3) is 0 Å². The fourth-order valence-electron chi connectivity index (χ4n) is 3.09. The van der Waals surface area contributed by atoms with Crippen molar-refractivity contribution in [3.63, 3.8) is 0 Å². The van der Waals surface area contributed by atoms with Crippen molar-refractivity contribution in [1.82, 2.24) is 25.3 Å². The maximum absolute atomic E-state index is 5.66. The predicted octanol–water partition coefficient (Wildman–Crippen LogP) is 2.25. The smallest absolute Gasteiger partial charge is 0.191 e. The topological polar surface area (TPSA) is 66.7 Å². The minimum Gasteiger partial charge on any atom is -0.377 e. The van der Waals surface area contributed by atoms with Gasteiger partial charge >= 0.3 is 0 Å². The maximum Gasteiger partial charge on any atom is 0.191 e. The van der Waals surface area contributed by atoms with Gasteiger partial charge < -0.3 is 20.3 Å².